The smallest absolute Gasteiger partial charge is 0.238 e. The molecule has 2 aromatic rings. The van der Waals surface area contributed by atoms with E-state index >= 15 is 0 Å². The van der Waals surface area contributed by atoms with Crippen molar-refractivity contribution < 1.29 is 8.42 Å². The highest BCUT2D eigenvalue weighted by molar-refractivity contribution is 7.89. The highest BCUT2D eigenvalue weighted by atomic mass is 32.2. The molecule has 1 aromatic heterocycles. The molecule has 6 nitrogen and oxygen atoms in total. The Labute approximate surface area is 111 Å². The quantitative estimate of drug-likeness (QED) is 0.886. The number of aryl methyl sites for hydroxylation is 2. The summed E-state index contributed by atoms with van der Waals surface area (Å²) in [6.45, 7) is 3.80. The van der Waals surface area contributed by atoms with Gasteiger partial charge in [0.1, 0.15) is 0 Å². The first kappa shape index (κ1) is 13.4. The number of benzene rings is 1. The summed E-state index contributed by atoms with van der Waals surface area (Å²) in [5.41, 5.74) is 2.42. The predicted molar refractivity (Wildman–Crippen MR) is 72.6 cm³/mol. The number of hydrogen-bond acceptors (Lipinski definition) is 5. The lowest BCUT2D eigenvalue weighted by Crippen LogP contribution is -2.12. The zero-order chi connectivity index (χ0) is 14.0. The van der Waals surface area contributed by atoms with Crippen LogP contribution < -0.4 is 10.5 Å². The van der Waals surface area contributed by atoms with Crippen molar-refractivity contribution in [1.29, 1.82) is 0 Å². The largest absolute Gasteiger partial charge is 0.324 e. The van der Waals surface area contributed by atoms with E-state index in [1.165, 1.54) is 12.1 Å². The zero-order valence-corrected chi connectivity index (χ0v) is 11.4. The maximum atomic E-state index is 11.3. The molecule has 0 saturated carbocycles. The van der Waals surface area contributed by atoms with Crippen molar-refractivity contribution in [3.05, 3.63) is 41.7 Å². The Hall–Kier alpha value is -1.99. The van der Waals surface area contributed by atoms with Gasteiger partial charge < -0.3 is 5.32 Å². The van der Waals surface area contributed by atoms with Crippen LogP contribution >= 0.6 is 0 Å². The lowest BCUT2D eigenvalue weighted by Gasteiger charge is -2.07. The minimum atomic E-state index is -3.71. The highest BCUT2D eigenvalue weighted by Gasteiger charge is 2.08. The maximum Gasteiger partial charge on any atom is 0.238 e. The van der Waals surface area contributed by atoms with Crippen LogP contribution in [0.5, 0.6) is 0 Å². The molecule has 0 saturated heterocycles. The molecule has 19 heavy (non-hydrogen) atoms. The number of primary sulfonamides is 1. The molecule has 0 bridgehead atoms. The van der Waals surface area contributed by atoms with Gasteiger partial charge in [-0.05, 0) is 37.6 Å². The van der Waals surface area contributed by atoms with E-state index in [1.54, 1.807) is 18.3 Å². The van der Waals surface area contributed by atoms with Gasteiger partial charge >= 0.3 is 0 Å². The van der Waals surface area contributed by atoms with Crippen LogP contribution in [0.2, 0.25) is 0 Å². The van der Waals surface area contributed by atoms with Gasteiger partial charge in [-0.25, -0.2) is 23.5 Å². The first-order valence-electron chi connectivity index (χ1n) is 5.56. The van der Waals surface area contributed by atoms with Crippen molar-refractivity contribution in [2.75, 3.05) is 5.32 Å². The van der Waals surface area contributed by atoms with E-state index in [0.29, 0.717) is 11.6 Å². The molecule has 0 atom stereocenters. The molecule has 0 unspecified atom stereocenters. The molecule has 100 valence electrons. The fourth-order valence-electron chi connectivity index (χ4n) is 1.47. The van der Waals surface area contributed by atoms with E-state index in [-0.39, 0.29) is 4.90 Å². The standard InChI is InChI=1S/C12H14N4O2S/c1-8-7-14-12(15-9(8)2)16-10-4-3-5-11(6-10)19(13,17)18/h3-7H,1-2H3,(H2,13,17,18)(H,14,15,16). The van der Waals surface area contributed by atoms with Gasteiger partial charge in [-0.2, -0.15) is 0 Å². The molecular weight excluding hydrogens is 264 g/mol. The Balaban J connectivity index is 2.31. The second-order valence-electron chi connectivity index (χ2n) is 4.16. The van der Waals surface area contributed by atoms with Crippen molar-refractivity contribution in [2.24, 2.45) is 5.14 Å². The molecule has 0 aliphatic carbocycles. The van der Waals surface area contributed by atoms with Crippen molar-refractivity contribution in [3.63, 3.8) is 0 Å². The molecular formula is C12H14N4O2S. The first-order chi connectivity index (χ1) is 8.86. The monoisotopic (exact) mass is 278 g/mol. The van der Waals surface area contributed by atoms with Gasteiger partial charge in [0.15, 0.2) is 0 Å². The molecule has 7 heteroatoms. The Morgan fingerprint density at radius 2 is 2.00 bits per heavy atom. The second-order valence-corrected chi connectivity index (χ2v) is 5.72. The lowest BCUT2D eigenvalue weighted by molar-refractivity contribution is 0.598. The lowest BCUT2D eigenvalue weighted by atomic mass is 10.3. The van der Waals surface area contributed by atoms with Crippen LogP contribution in [0.3, 0.4) is 0 Å². The SMILES string of the molecule is Cc1cnc(Nc2cccc(S(N)(=O)=O)c2)nc1C. The van der Waals surface area contributed by atoms with E-state index in [9.17, 15) is 8.42 Å². The van der Waals surface area contributed by atoms with Crippen molar-refractivity contribution in [1.82, 2.24) is 9.97 Å². The summed E-state index contributed by atoms with van der Waals surface area (Å²) < 4.78 is 22.5. The number of hydrogen-bond donors (Lipinski definition) is 2. The Bertz CT molecular complexity index is 713. The third-order valence-electron chi connectivity index (χ3n) is 2.64. The van der Waals surface area contributed by atoms with Crippen molar-refractivity contribution in [3.8, 4) is 0 Å². The van der Waals surface area contributed by atoms with Crippen LogP contribution in [0.4, 0.5) is 11.6 Å². The predicted octanol–water partition coefficient (Wildman–Crippen LogP) is 1.48. The van der Waals surface area contributed by atoms with Crippen molar-refractivity contribution >= 4 is 21.7 Å². The molecule has 0 fully saturated rings. The number of aromatic nitrogens is 2. The van der Waals surface area contributed by atoms with Gasteiger partial charge in [0.2, 0.25) is 16.0 Å². The van der Waals surface area contributed by atoms with E-state index < -0.39 is 10.0 Å². The zero-order valence-electron chi connectivity index (χ0n) is 10.6. The third-order valence-corrected chi connectivity index (χ3v) is 3.55. The number of nitrogens with two attached hydrogens (primary N) is 1. The van der Waals surface area contributed by atoms with Crippen LogP contribution in [0.25, 0.3) is 0 Å². The van der Waals surface area contributed by atoms with E-state index in [4.69, 9.17) is 5.14 Å². The van der Waals surface area contributed by atoms with Crippen LogP contribution in [-0.4, -0.2) is 18.4 Å². The molecule has 2 rings (SSSR count). The Kier molecular flexibility index (Phi) is 3.50. The fourth-order valence-corrected chi connectivity index (χ4v) is 2.03. The van der Waals surface area contributed by atoms with Crippen LogP contribution in [0.1, 0.15) is 11.3 Å². The van der Waals surface area contributed by atoms with E-state index in [1.807, 2.05) is 13.8 Å². The van der Waals surface area contributed by atoms with Gasteiger partial charge in [-0.3, -0.25) is 0 Å². The minimum Gasteiger partial charge on any atom is -0.324 e. The molecule has 0 aliphatic heterocycles. The first-order valence-corrected chi connectivity index (χ1v) is 7.11. The molecule has 0 aliphatic rings. The maximum absolute atomic E-state index is 11.3. The normalized spacial score (nSPS) is 11.3. The van der Waals surface area contributed by atoms with Gasteiger partial charge in [0.05, 0.1) is 4.90 Å². The molecule has 0 radical (unpaired) electrons. The topological polar surface area (TPSA) is 98.0 Å². The van der Waals surface area contributed by atoms with Gasteiger partial charge in [0.25, 0.3) is 0 Å². The number of rotatable bonds is 3. The van der Waals surface area contributed by atoms with Crippen molar-refractivity contribution in [2.45, 2.75) is 18.7 Å². The summed E-state index contributed by atoms with van der Waals surface area (Å²) in [6, 6.07) is 6.19. The van der Waals surface area contributed by atoms with Crippen LogP contribution in [0.15, 0.2) is 35.4 Å². The Morgan fingerprint density at radius 1 is 1.26 bits per heavy atom. The van der Waals surface area contributed by atoms with Gasteiger partial charge in [-0.1, -0.05) is 6.07 Å². The minimum absolute atomic E-state index is 0.0429. The highest BCUT2D eigenvalue weighted by Crippen LogP contribution is 2.17. The van der Waals surface area contributed by atoms with Gasteiger partial charge in [-0.15, -0.1) is 0 Å². The number of sulfonamides is 1. The van der Waals surface area contributed by atoms with E-state index in [2.05, 4.69) is 15.3 Å². The summed E-state index contributed by atoms with van der Waals surface area (Å²) in [7, 11) is -3.71. The van der Waals surface area contributed by atoms with Crippen LogP contribution in [0, 0.1) is 13.8 Å². The molecule has 3 N–H and O–H groups in total. The third kappa shape index (κ3) is 3.27. The van der Waals surface area contributed by atoms with Crippen LogP contribution in [-0.2, 0) is 10.0 Å². The number of anilines is 2. The Morgan fingerprint density at radius 3 is 2.63 bits per heavy atom. The average Bonchev–Trinajstić information content (AvgIpc) is 2.33. The molecule has 0 spiro atoms. The fraction of sp³-hybridized carbons (Fsp3) is 0.167. The summed E-state index contributed by atoms with van der Waals surface area (Å²) in [4.78, 5) is 8.42. The average molecular weight is 278 g/mol. The summed E-state index contributed by atoms with van der Waals surface area (Å²) >= 11 is 0. The summed E-state index contributed by atoms with van der Waals surface area (Å²) in [6.07, 6.45) is 1.70. The van der Waals surface area contributed by atoms with E-state index in [0.717, 1.165) is 11.3 Å². The van der Waals surface area contributed by atoms with Gasteiger partial charge in [0, 0.05) is 17.6 Å². The molecule has 1 aromatic carbocycles. The molecule has 1 heterocycles. The molecule has 0 amide bonds. The second kappa shape index (κ2) is 4.94. The summed E-state index contributed by atoms with van der Waals surface area (Å²) in [5, 5.41) is 8.02. The summed E-state index contributed by atoms with van der Waals surface area (Å²) in [5.74, 6) is 0.412. The number of nitrogens with zero attached hydrogens (tertiary/aromatic N) is 2. The number of nitrogens with one attached hydrogen (secondary N) is 1.